The molecule has 0 aromatic carbocycles. The molecule has 168 valence electrons. The Morgan fingerprint density at radius 2 is 1.90 bits per heavy atom. The Morgan fingerprint density at radius 3 is 2.52 bits per heavy atom. The van der Waals surface area contributed by atoms with Gasteiger partial charge in [-0.1, -0.05) is 12.2 Å². The number of allylic oxidation sites excluding steroid dienone is 2. The minimum Gasteiger partial charge on any atom is -0.433 e. The number of ether oxygens (including phenoxy) is 1. The Balaban J connectivity index is 2.20. The van der Waals surface area contributed by atoms with Crippen LogP contribution in [-0.2, 0) is 29.7 Å². The topological polar surface area (TPSA) is 103 Å². The molecule has 0 aliphatic carbocycles. The highest BCUT2D eigenvalue weighted by atomic mass is 19.4. The second kappa shape index (κ2) is 8.41. The molecule has 1 aliphatic heterocycles. The van der Waals surface area contributed by atoms with Gasteiger partial charge in [0, 0.05) is 33.2 Å². The third-order valence-electron chi connectivity index (χ3n) is 4.76. The summed E-state index contributed by atoms with van der Waals surface area (Å²) in [7, 11) is 1.43. The van der Waals surface area contributed by atoms with Crippen LogP contribution >= 0.6 is 0 Å². The van der Waals surface area contributed by atoms with Crippen molar-refractivity contribution in [1.82, 2.24) is 24.0 Å². The molecule has 0 saturated carbocycles. The van der Waals surface area contributed by atoms with Crippen molar-refractivity contribution in [3.8, 4) is 0 Å². The predicted octanol–water partition coefficient (Wildman–Crippen LogP) is 0.110. The van der Waals surface area contributed by atoms with Gasteiger partial charge in [0.15, 0.2) is 17.4 Å². The summed E-state index contributed by atoms with van der Waals surface area (Å²) in [6.07, 6.45) is -3.61. The number of alkyl halides is 3. The molecule has 3 heterocycles. The van der Waals surface area contributed by atoms with Gasteiger partial charge >= 0.3 is 17.8 Å². The number of hydrogen-bond donors (Lipinski definition) is 1. The Morgan fingerprint density at radius 1 is 1.26 bits per heavy atom. The molecule has 0 radical (unpaired) electrons. The first-order valence-corrected chi connectivity index (χ1v) is 9.28. The fourth-order valence-corrected chi connectivity index (χ4v) is 3.38. The lowest BCUT2D eigenvalue weighted by molar-refractivity contribution is -0.205. The maximum Gasteiger partial charge on any atom is 0.491 e. The average molecular weight is 442 g/mol. The molecule has 3 rings (SSSR count). The number of piperazine rings is 1. The highest BCUT2D eigenvalue weighted by Crippen LogP contribution is 2.25. The van der Waals surface area contributed by atoms with Crippen LogP contribution in [0.15, 0.2) is 34.9 Å². The molecule has 0 amide bonds. The number of nitrogens with one attached hydrogen (secondary N) is 1. The predicted molar refractivity (Wildman–Crippen MR) is 106 cm³/mol. The lowest BCUT2D eigenvalue weighted by atomic mass is 10.3. The number of carbonyl (C=O) groups excluding carboxylic acids is 1. The number of hydrogen-bond acceptors (Lipinski definition) is 7. The molecule has 1 saturated heterocycles. The molecule has 1 atom stereocenters. The van der Waals surface area contributed by atoms with Crippen molar-refractivity contribution in [1.29, 1.82) is 0 Å². The van der Waals surface area contributed by atoms with E-state index in [1.807, 2.05) is 0 Å². The van der Waals surface area contributed by atoms with Crippen molar-refractivity contribution >= 4 is 23.1 Å². The SMILES string of the molecule is C=CCn1c(=O)c2c(nc(N3CCNCC3OC(=O)C(F)(F)F)n2CC=C)n(C)c1=O. The van der Waals surface area contributed by atoms with Crippen LogP contribution in [0.5, 0.6) is 0 Å². The summed E-state index contributed by atoms with van der Waals surface area (Å²) in [5.74, 6) is -2.25. The first-order valence-electron chi connectivity index (χ1n) is 9.28. The number of esters is 1. The van der Waals surface area contributed by atoms with Crippen molar-refractivity contribution < 1.29 is 22.7 Å². The molecule has 1 aliphatic rings. The van der Waals surface area contributed by atoms with Gasteiger partial charge in [-0.05, 0) is 0 Å². The molecule has 10 nitrogen and oxygen atoms in total. The van der Waals surface area contributed by atoms with Crippen molar-refractivity contribution in [3.05, 3.63) is 46.1 Å². The molecule has 0 spiro atoms. The average Bonchev–Trinajstić information content (AvgIpc) is 3.09. The smallest absolute Gasteiger partial charge is 0.433 e. The van der Waals surface area contributed by atoms with E-state index in [-0.39, 0.29) is 43.3 Å². The molecule has 1 fully saturated rings. The van der Waals surface area contributed by atoms with Crippen LogP contribution in [0.1, 0.15) is 0 Å². The molecule has 0 bridgehead atoms. The normalized spacial score (nSPS) is 17.0. The lowest BCUT2D eigenvalue weighted by Gasteiger charge is -2.36. The number of halogens is 3. The van der Waals surface area contributed by atoms with E-state index in [0.717, 1.165) is 4.57 Å². The van der Waals surface area contributed by atoms with E-state index < -0.39 is 29.6 Å². The van der Waals surface area contributed by atoms with E-state index in [1.165, 1.54) is 33.2 Å². The van der Waals surface area contributed by atoms with Gasteiger partial charge in [0.2, 0.25) is 5.95 Å². The standard InChI is InChI=1S/C18H21F3N6O4/c1-4-7-26-12-13(24(3)17(30)27(8-5-2)14(12)28)23-16(26)25-9-6-22-10-11(25)31-15(29)18(19,20)21/h4-5,11,22H,1-2,6-10H2,3H3. The quantitative estimate of drug-likeness (QED) is 0.500. The number of carbonyl (C=O) groups is 1. The lowest BCUT2D eigenvalue weighted by Crippen LogP contribution is -2.55. The Bertz CT molecular complexity index is 1150. The number of fused-ring (bicyclic) bond motifs is 1. The van der Waals surface area contributed by atoms with Crippen LogP contribution in [0.2, 0.25) is 0 Å². The number of nitrogens with zero attached hydrogens (tertiary/aromatic N) is 5. The van der Waals surface area contributed by atoms with E-state index in [1.54, 1.807) is 0 Å². The van der Waals surface area contributed by atoms with E-state index >= 15 is 0 Å². The third-order valence-corrected chi connectivity index (χ3v) is 4.76. The fourth-order valence-electron chi connectivity index (χ4n) is 3.38. The molecular weight excluding hydrogens is 421 g/mol. The summed E-state index contributed by atoms with van der Waals surface area (Å²) in [5, 5.41) is 2.86. The zero-order valence-electron chi connectivity index (χ0n) is 16.7. The molecule has 2 aromatic heterocycles. The summed E-state index contributed by atoms with van der Waals surface area (Å²) in [6.45, 7) is 7.67. The maximum atomic E-state index is 13.0. The number of anilines is 1. The van der Waals surface area contributed by atoms with E-state index in [9.17, 15) is 27.6 Å². The van der Waals surface area contributed by atoms with Gasteiger partial charge in [-0.15, -0.1) is 13.2 Å². The summed E-state index contributed by atoms with van der Waals surface area (Å²) in [6, 6.07) is 0. The van der Waals surface area contributed by atoms with Gasteiger partial charge in [0.05, 0.1) is 6.54 Å². The summed E-state index contributed by atoms with van der Waals surface area (Å²) in [5.41, 5.74) is -1.13. The summed E-state index contributed by atoms with van der Waals surface area (Å²) in [4.78, 5) is 42.7. The first kappa shape index (κ1) is 22.3. The van der Waals surface area contributed by atoms with E-state index in [4.69, 9.17) is 0 Å². The van der Waals surface area contributed by atoms with Crippen LogP contribution in [0.4, 0.5) is 19.1 Å². The van der Waals surface area contributed by atoms with Crippen molar-refractivity contribution in [3.63, 3.8) is 0 Å². The van der Waals surface area contributed by atoms with Crippen LogP contribution < -0.4 is 21.5 Å². The van der Waals surface area contributed by atoms with Gasteiger partial charge in [-0.3, -0.25) is 13.9 Å². The number of aromatic nitrogens is 4. The van der Waals surface area contributed by atoms with Gasteiger partial charge in [0.1, 0.15) is 0 Å². The number of rotatable bonds is 6. The zero-order chi connectivity index (χ0) is 22.9. The second-order valence-corrected chi connectivity index (χ2v) is 6.78. The highest BCUT2D eigenvalue weighted by molar-refractivity contribution is 5.77. The van der Waals surface area contributed by atoms with Crippen molar-refractivity contribution in [2.45, 2.75) is 25.5 Å². The minimum absolute atomic E-state index is 0.0322. The van der Waals surface area contributed by atoms with Gasteiger partial charge < -0.3 is 19.5 Å². The molecule has 2 aromatic rings. The Hall–Kier alpha value is -3.35. The van der Waals surface area contributed by atoms with Crippen molar-refractivity contribution in [2.24, 2.45) is 7.05 Å². The number of imidazole rings is 1. The van der Waals surface area contributed by atoms with E-state index in [2.05, 4.69) is 28.2 Å². The largest absolute Gasteiger partial charge is 0.491 e. The minimum atomic E-state index is -5.16. The molecule has 1 N–H and O–H groups in total. The molecule has 1 unspecified atom stereocenters. The molecule has 31 heavy (non-hydrogen) atoms. The van der Waals surface area contributed by atoms with Gasteiger partial charge in [0.25, 0.3) is 5.56 Å². The molecular formula is C18H21F3N6O4. The summed E-state index contributed by atoms with van der Waals surface area (Å²) >= 11 is 0. The number of aryl methyl sites for hydroxylation is 1. The maximum absolute atomic E-state index is 13.0. The first-order chi connectivity index (χ1) is 14.6. The Kier molecular flexibility index (Phi) is 6.06. The monoisotopic (exact) mass is 442 g/mol. The van der Waals surface area contributed by atoms with E-state index in [0.29, 0.717) is 6.54 Å². The molecule has 13 heteroatoms. The highest BCUT2D eigenvalue weighted by Gasteiger charge is 2.44. The van der Waals surface area contributed by atoms with Crippen LogP contribution in [-0.4, -0.2) is 56.7 Å². The Labute approximate surface area is 173 Å². The van der Waals surface area contributed by atoms with Crippen LogP contribution in [0.3, 0.4) is 0 Å². The second-order valence-electron chi connectivity index (χ2n) is 6.78. The van der Waals surface area contributed by atoms with Gasteiger partial charge in [-0.25, -0.2) is 9.59 Å². The zero-order valence-corrected chi connectivity index (χ0v) is 16.7. The summed E-state index contributed by atoms with van der Waals surface area (Å²) < 4.78 is 46.4. The van der Waals surface area contributed by atoms with Crippen LogP contribution in [0.25, 0.3) is 11.2 Å². The van der Waals surface area contributed by atoms with Crippen LogP contribution in [0, 0.1) is 0 Å². The fraction of sp³-hybridized carbons (Fsp3) is 0.444. The third kappa shape index (κ3) is 4.00. The van der Waals surface area contributed by atoms with Gasteiger partial charge in [-0.2, -0.15) is 18.2 Å². The van der Waals surface area contributed by atoms with Crippen molar-refractivity contribution in [2.75, 3.05) is 24.5 Å².